The minimum atomic E-state index is 0.156. The first kappa shape index (κ1) is 23.1. The fourth-order valence-electron chi connectivity index (χ4n) is 4.26. The van der Waals surface area contributed by atoms with Gasteiger partial charge in [-0.3, -0.25) is 4.90 Å². The molecule has 6 nitrogen and oxygen atoms in total. The molecule has 0 fully saturated rings. The average molecular weight is 494 g/mol. The summed E-state index contributed by atoms with van der Waals surface area (Å²) >= 11 is 0. The van der Waals surface area contributed by atoms with E-state index in [0.29, 0.717) is 34.3 Å². The van der Waals surface area contributed by atoms with Crippen molar-refractivity contribution in [3.8, 4) is 39.8 Å². The van der Waals surface area contributed by atoms with Gasteiger partial charge in [0, 0.05) is 23.0 Å². The lowest BCUT2D eigenvalue weighted by molar-refractivity contribution is 0.477. The molecule has 0 unspecified atom stereocenters. The molecular weight excluding hydrogens is 470 g/mol. The summed E-state index contributed by atoms with van der Waals surface area (Å²) in [6.45, 7) is 0. The molecule has 0 saturated heterocycles. The summed E-state index contributed by atoms with van der Waals surface area (Å²) in [7, 11) is 0. The maximum atomic E-state index is 10.6. The lowest BCUT2D eigenvalue weighted by Gasteiger charge is -2.23. The Balaban J connectivity index is 1.51. The van der Waals surface area contributed by atoms with Crippen molar-refractivity contribution >= 4 is 17.3 Å². The molecule has 3 aromatic carbocycles. The van der Waals surface area contributed by atoms with Gasteiger partial charge in [0.25, 0.3) is 0 Å². The number of aromatic nitrogens is 4. The van der Waals surface area contributed by atoms with Crippen LogP contribution in [0.15, 0.2) is 134 Å². The Bertz CT molecular complexity index is 1640. The number of rotatable bonds is 6. The largest absolute Gasteiger partial charge is 0.507 e. The fourth-order valence-corrected chi connectivity index (χ4v) is 4.26. The zero-order chi connectivity index (χ0) is 25.7. The van der Waals surface area contributed by atoms with Crippen LogP contribution in [0.4, 0.5) is 17.3 Å². The Morgan fingerprint density at radius 1 is 0.526 bits per heavy atom. The van der Waals surface area contributed by atoms with Crippen LogP contribution in [-0.4, -0.2) is 25.0 Å². The summed E-state index contributed by atoms with van der Waals surface area (Å²) in [5, 5.41) is 10.6. The van der Waals surface area contributed by atoms with E-state index in [9.17, 15) is 5.11 Å². The number of nitrogens with zero attached hydrogens (tertiary/aromatic N) is 5. The van der Waals surface area contributed by atoms with E-state index in [1.165, 1.54) is 0 Å². The van der Waals surface area contributed by atoms with Gasteiger partial charge in [0.1, 0.15) is 17.4 Å². The molecule has 0 aliphatic rings. The molecule has 3 heterocycles. The number of aromatic hydroxyl groups is 1. The standard InChI is InChI=1S/C32H23N5O/c38-29-18-8-7-16-25(29)27-22-28(36-32(35-27)23-12-3-1-4-13-23)26-17-11-20-31(34-26)37(24-14-5-2-6-15-24)30-19-9-10-21-33-30/h1-22,38H. The van der Waals surface area contributed by atoms with Crippen LogP contribution in [0.5, 0.6) is 5.75 Å². The Morgan fingerprint density at radius 3 is 1.97 bits per heavy atom. The predicted octanol–water partition coefficient (Wildman–Crippen LogP) is 7.44. The lowest BCUT2D eigenvalue weighted by atomic mass is 10.1. The molecule has 6 aromatic rings. The van der Waals surface area contributed by atoms with Crippen LogP contribution in [0.2, 0.25) is 0 Å². The van der Waals surface area contributed by atoms with Gasteiger partial charge in [0.05, 0.1) is 17.1 Å². The van der Waals surface area contributed by atoms with Crippen LogP contribution in [0, 0.1) is 0 Å². The van der Waals surface area contributed by atoms with Crippen molar-refractivity contribution in [1.29, 1.82) is 0 Å². The molecule has 6 rings (SSSR count). The number of para-hydroxylation sites is 2. The van der Waals surface area contributed by atoms with Gasteiger partial charge < -0.3 is 5.11 Å². The summed E-state index contributed by atoms with van der Waals surface area (Å²) in [5.74, 6) is 2.17. The van der Waals surface area contributed by atoms with E-state index in [1.54, 1.807) is 18.3 Å². The van der Waals surface area contributed by atoms with Gasteiger partial charge in [0.15, 0.2) is 5.82 Å². The van der Waals surface area contributed by atoms with Gasteiger partial charge in [-0.05, 0) is 54.6 Å². The maximum absolute atomic E-state index is 10.6. The van der Waals surface area contributed by atoms with Crippen LogP contribution < -0.4 is 4.90 Å². The van der Waals surface area contributed by atoms with Crippen LogP contribution in [0.25, 0.3) is 34.0 Å². The fraction of sp³-hybridized carbons (Fsp3) is 0. The van der Waals surface area contributed by atoms with E-state index in [0.717, 1.165) is 17.1 Å². The minimum Gasteiger partial charge on any atom is -0.507 e. The first-order chi connectivity index (χ1) is 18.8. The zero-order valence-electron chi connectivity index (χ0n) is 20.4. The van der Waals surface area contributed by atoms with E-state index >= 15 is 0 Å². The third-order valence-corrected chi connectivity index (χ3v) is 6.06. The predicted molar refractivity (Wildman–Crippen MR) is 150 cm³/mol. The molecule has 0 spiro atoms. The van der Waals surface area contributed by atoms with Crippen molar-refractivity contribution in [1.82, 2.24) is 19.9 Å². The van der Waals surface area contributed by atoms with Crippen molar-refractivity contribution in [2.75, 3.05) is 4.90 Å². The Morgan fingerprint density at radius 2 is 1.21 bits per heavy atom. The molecule has 0 atom stereocenters. The second-order valence-corrected chi connectivity index (χ2v) is 8.59. The van der Waals surface area contributed by atoms with Gasteiger partial charge >= 0.3 is 0 Å². The molecule has 0 bridgehead atoms. The number of benzene rings is 3. The van der Waals surface area contributed by atoms with Gasteiger partial charge in [-0.15, -0.1) is 0 Å². The minimum absolute atomic E-state index is 0.156. The van der Waals surface area contributed by atoms with Gasteiger partial charge in [-0.25, -0.2) is 19.9 Å². The van der Waals surface area contributed by atoms with Crippen LogP contribution in [-0.2, 0) is 0 Å². The van der Waals surface area contributed by atoms with Gasteiger partial charge in [-0.2, -0.15) is 0 Å². The summed E-state index contributed by atoms with van der Waals surface area (Å²) in [4.78, 5) is 21.3. The van der Waals surface area contributed by atoms with E-state index in [2.05, 4.69) is 4.98 Å². The quantitative estimate of drug-likeness (QED) is 0.260. The molecule has 1 N–H and O–H groups in total. The molecule has 182 valence electrons. The monoisotopic (exact) mass is 493 g/mol. The summed E-state index contributed by atoms with van der Waals surface area (Å²) in [6, 6.07) is 40.5. The second kappa shape index (κ2) is 10.3. The average Bonchev–Trinajstić information content (AvgIpc) is 2.99. The lowest BCUT2D eigenvalue weighted by Crippen LogP contribution is -2.13. The second-order valence-electron chi connectivity index (χ2n) is 8.59. The molecule has 0 aliphatic carbocycles. The molecule has 3 aromatic heterocycles. The molecule has 38 heavy (non-hydrogen) atoms. The molecule has 0 aliphatic heterocycles. The van der Waals surface area contributed by atoms with Crippen molar-refractivity contribution in [3.63, 3.8) is 0 Å². The summed E-state index contributed by atoms with van der Waals surface area (Å²) in [6.07, 6.45) is 1.77. The van der Waals surface area contributed by atoms with Gasteiger partial charge in [0.2, 0.25) is 0 Å². The Labute approximate surface area is 220 Å². The van der Waals surface area contributed by atoms with E-state index < -0.39 is 0 Å². The Kier molecular flexibility index (Phi) is 6.27. The number of anilines is 3. The van der Waals surface area contributed by atoms with Gasteiger partial charge in [-0.1, -0.05) is 72.8 Å². The zero-order valence-corrected chi connectivity index (χ0v) is 20.4. The topological polar surface area (TPSA) is 75.0 Å². The highest BCUT2D eigenvalue weighted by Crippen LogP contribution is 2.34. The number of hydrogen-bond donors (Lipinski definition) is 1. The van der Waals surface area contributed by atoms with Crippen molar-refractivity contribution in [3.05, 3.63) is 134 Å². The Hall–Kier alpha value is -5.36. The smallest absolute Gasteiger partial charge is 0.160 e. The SMILES string of the molecule is Oc1ccccc1-c1cc(-c2cccc(N(c3ccccc3)c3ccccn3)n2)nc(-c2ccccc2)n1. The first-order valence-electron chi connectivity index (χ1n) is 12.2. The van der Waals surface area contributed by atoms with Crippen molar-refractivity contribution in [2.45, 2.75) is 0 Å². The number of phenolic OH excluding ortho intramolecular Hbond substituents is 1. The van der Waals surface area contributed by atoms with Crippen LogP contribution >= 0.6 is 0 Å². The number of phenols is 1. The molecule has 0 radical (unpaired) electrons. The van der Waals surface area contributed by atoms with E-state index in [-0.39, 0.29) is 5.75 Å². The highest BCUT2D eigenvalue weighted by molar-refractivity contribution is 5.76. The van der Waals surface area contributed by atoms with Crippen molar-refractivity contribution < 1.29 is 5.11 Å². The molecule has 6 heteroatoms. The summed E-state index contributed by atoms with van der Waals surface area (Å²) < 4.78 is 0. The highest BCUT2D eigenvalue weighted by Gasteiger charge is 2.17. The third kappa shape index (κ3) is 4.70. The first-order valence-corrected chi connectivity index (χ1v) is 12.2. The summed E-state index contributed by atoms with van der Waals surface area (Å²) in [5.41, 5.74) is 4.39. The van der Waals surface area contributed by atoms with Crippen LogP contribution in [0.3, 0.4) is 0 Å². The van der Waals surface area contributed by atoms with E-state index in [1.807, 2.05) is 120 Å². The van der Waals surface area contributed by atoms with E-state index in [4.69, 9.17) is 15.0 Å². The third-order valence-electron chi connectivity index (χ3n) is 6.06. The van der Waals surface area contributed by atoms with Crippen molar-refractivity contribution in [2.24, 2.45) is 0 Å². The molecular formula is C32H23N5O. The highest BCUT2D eigenvalue weighted by atomic mass is 16.3. The molecule has 0 saturated carbocycles. The normalized spacial score (nSPS) is 10.7. The number of pyridine rings is 2. The van der Waals surface area contributed by atoms with Crippen LogP contribution in [0.1, 0.15) is 0 Å². The molecule has 0 amide bonds. The number of hydrogen-bond acceptors (Lipinski definition) is 6. The maximum Gasteiger partial charge on any atom is 0.160 e.